The van der Waals surface area contributed by atoms with E-state index in [2.05, 4.69) is 20.3 Å². The Bertz CT molecular complexity index is 1400. The van der Waals surface area contributed by atoms with Crippen molar-refractivity contribution in [1.82, 2.24) is 19.5 Å². The van der Waals surface area contributed by atoms with Gasteiger partial charge in [-0.3, -0.25) is 9.59 Å². The fourth-order valence-corrected chi connectivity index (χ4v) is 5.42. The summed E-state index contributed by atoms with van der Waals surface area (Å²) in [6, 6.07) is 5.36. The van der Waals surface area contributed by atoms with Crippen LogP contribution in [0.5, 0.6) is 0 Å². The van der Waals surface area contributed by atoms with E-state index >= 15 is 0 Å². The van der Waals surface area contributed by atoms with E-state index in [1.807, 2.05) is 12.1 Å². The number of piperidine rings is 1. The first-order valence-corrected chi connectivity index (χ1v) is 12.9. The molecule has 2 amide bonds. The van der Waals surface area contributed by atoms with Crippen molar-refractivity contribution in [2.45, 2.75) is 45.0 Å². The molecule has 2 aromatic heterocycles. The molecule has 1 atom stereocenters. The van der Waals surface area contributed by atoms with Crippen LogP contribution in [0.3, 0.4) is 0 Å². The molecule has 38 heavy (non-hydrogen) atoms. The maximum absolute atomic E-state index is 14.6. The number of carbonyl (C=O) groups excluding carboxylic acids is 2. The summed E-state index contributed by atoms with van der Waals surface area (Å²) in [4.78, 5) is 34.5. The third-order valence-corrected chi connectivity index (χ3v) is 8.00. The van der Waals surface area contributed by atoms with Crippen LogP contribution in [0, 0.1) is 5.41 Å². The van der Waals surface area contributed by atoms with Gasteiger partial charge in [0.05, 0.1) is 42.9 Å². The average molecular weight is 523 g/mol. The lowest BCUT2D eigenvalue weighted by Crippen LogP contribution is -2.51. The first-order valence-electron chi connectivity index (χ1n) is 12.9. The number of anilines is 2. The van der Waals surface area contributed by atoms with Crippen LogP contribution < -0.4 is 10.2 Å². The maximum Gasteiger partial charge on any atom is 0.261 e. The summed E-state index contributed by atoms with van der Waals surface area (Å²) in [6.07, 6.45) is 5.14. The molecule has 5 heterocycles. The zero-order chi connectivity index (χ0) is 26.7. The Morgan fingerprint density at radius 2 is 2.05 bits per heavy atom. The van der Waals surface area contributed by atoms with Crippen molar-refractivity contribution >= 4 is 28.8 Å². The normalized spacial score (nSPS) is 19.5. The molecule has 10 nitrogen and oxygen atoms in total. The number of nitrogens with one attached hydrogen (secondary N) is 1. The molecule has 2 fully saturated rings. The molecule has 3 aliphatic rings. The number of halogens is 1. The second-order valence-electron chi connectivity index (χ2n) is 11.2. The Morgan fingerprint density at radius 3 is 2.74 bits per heavy atom. The summed E-state index contributed by atoms with van der Waals surface area (Å²) >= 11 is 0. The molecule has 1 spiro atoms. The van der Waals surface area contributed by atoms with Gasteiger partial charge in [-0.05, 0) is 50.5 Å². The number of carbonyl (C=O) groups is 2. The van der Waals surface area contributed by atoms with Gasteiger partial charge in [-0.15, -0.1) is 0 Å². The minimum atomic E-state index is -1.59. The molecule has 200 valence electrons. The van der Waals surface area contributed by atoms with E-state index in [0.717, 1.165) is 44.8 Å². The van der Waals surface area contributed by atoms with Crippen LogP contribution in [0.4, 0.5) is 15.8 Å². The molecule has 11 heteroatoms. The zero-order valence-corrected chi connectivity index (χ0v) is 21.5. The number of nitrogens with zero attached hydrogens (tertiary/aromatic N) is 5. The maximum atomic E-state index is 14.6. The highest BCUT2D eigenvalue weighted by atomic mass is 19.1. The van der Waals surface area contributed by atoms with Crippen LogP contribution in [0.1, 0.15) is 53.0 Å². The minimum Gasteiger partial charge on any atom is -0.387 e. The van der Waals surface area contributed by atoms with Crippen molar-refractivity contribution in [2.75, 3.05) is 43.1 Å². The van der Waals surface area contributed by atoms with Crippen LogP contribution in [0.2, 0.25) is 0 Å². The van der Waals surface area contributed by atoms with Crippen LogP contribution >= 0.6 is 0 Å². The van der Waals surface area contributed by atoms with E-state index in [0.29, 0.717) is 28.0 Å². The van der Waals surface area contributed by atoms with Crippen molar-refractivity contribution in [3.63, 3.8) is 0 Å². The molecule has 2 saturated heterocycles. The van der Waals surface area contributed by atoms with Crippen molar-refractivity contribution in [1.29, 1.82) is 0 Å². The zero-order valence-electron chi connectivity index (χ0n) is 21.5. The van der Waals surface area contributed by atoms with E-state index in [9.17, 15) is 19.1 Å². The van der Waals surface area contributed by atoms with Gasteiger partial charge >= 0.3 is 0 Å². The first kappa shape index (κ1) is 24.7. The highest BCUT2D eigenvalue weighted by molar-refractivity contribution is 6.10. The van der Waals surface area contributed by atoms with Crippen LogP contribution in [0.25, 0.3) is 5.65 Å². The standard InChI is InChI=1S/C27H31FN6O4/c1-26(2,37)22(28)14-33-13-17-10-20(31-24(35)19-12-30-34-7-3-6-29-23(19)34)21(11-18(17)25(33)36)32-8-4-27(5-9-32)15-38-16-27/h3,6-7,10-12,22,37H,4-5,8-9,13-16H2,1-2H3,(H,31,35)/t22-/m1/s1. The number of aliphatic hydroxyl groups is 1. The van der Waals surface area contributed by atoms with Crippen molar-refractivity contribution in [2.24, 2.45) is 5.41 Å². The fourth-order valence-electron chi connectivity index (χ4n) is 5.42. The molecule has 0 unspecified atom stereocenters. The largest absolute Gasteiger partial charge is 0.387 e. The monoisotopic (exact) mass is 522 g/mol. The summed E-state index contributed by atoms with van der Waals surface area (Å²) < 4.78 is 21.6. The van der Waals surface area contributed by atoms with Gasteiger partial charge < -0.3 is 25.0 Å². The van der Waals surface area contributed by atoms with Gasteiger partial charge in [0.2, 0.25) is 0 Å². The third-order valence-electron chi connectivity index (χ3n) is 8.00. The highest BCUT2D eigenvalue weighted by Gasteiger charge is 2.42. The number of ether oxygens (including phenoxy) is 1. The molecule has 6 rings (SSSR count). The number of fused-ring (bicyclic) bond motifs is 2. The molecule has 3 aliphatic heterocycles. The SMILES string of the molecule is CC(C)(O)[C@H](F)CN1Cc2cc(NC(=O)c3cnn4cccnc34)c(N3CCC4(CC3)COC4)cc2C1=O. The minimum absolute atomic E-state index is 0.201. The topological polar surface area (TPSA) is 112 Å². The molecule has 3 aromatic rings. The van der Waals surface area contributed by atoms with E-state index in [-0.39, 0.29) is 30.3 Å². The molecule has 0 aliphatic carbocycles. The van der Waals surface area contributed by atoms with E-state index < -0.39 is 11.8 Å². The second kappa shape index (κ2) is 9.02. The van der Waals surface area contributed by atoms with E-state index in [1.54, 1.807) is 18.5 Å². The summed E-state index contributed by atoms with van der Waals surface area (Å²) in [5.74, 6) is -0.633. The lowest BCUT2D eigenvalue weighted by atomic mass is 9.76. The Morgan fingerprint density at radius 1 is 1.29 bits per heavy atom. The molecule has 1 aromatic carbocycles. The lowest BCUT2D eigenvalue weighted by molar-refractivity contribution is -0.124. The van der Waals surface area contributed by atoms with Gasteiger partial charge in [-0.2, -0.15) is 5.10 Å². The molecule has 0 bridgehead atoms. The van der Waals surface area contributed by atoms with Gasteiger partial charge in [0.25, 0.3) is 11.8 Å². The summed E-state index contributed by atoms with van der Waals surface area (Å²) in [5, 5.41) is 17.3. The molecule has 2 N–H and O–H groups in total. The van der Waals surface area contributed by atoms with Crippen molar-refractivity contribution < 1.29 is 23.8 Å². The predicted octanol–water partition coefficient (Wildman–Crippen LogP) is 2.66. The average Bonchev–Trinajstić information content (AvgIpc) is 3.43. The second-order valence-corrected chi connectivity index (χ2v) is 11.2. The van der Waals surface area contributed by atoms with Gasteiger partial charge in [-0.1, -0.05) is 0 Å². The number of benzene rings is 1. The summed E-state index contributed by atoms with van der Waals surface area (Å²) in [7, 11) is 0. The molecule has 0 saturated carbocycles. The Labute approximate surface area is 219 Å². The van der Waals surface area contributed by atoms with Crippen molar-refractivity contribution in [3.05, 3.63) is 53.5 Å². The summed E-state index contributed by atoms with van der Waals surface area (Å²) in [6.45, 7) is 5.86. The summed E-state index contributed by atoms with van der Waals surface area (Å²) in [5.41, 5.74) is 1.98. The van der Waals surface area contributed by atoms with E-state index in [1.165, 1.54) is 29.5 Å². The fraction of sp³-hybridized carbons (Fsp3) is 0.481. The number of hydrogen-bond donors (Lipinski definition) is 2. The number of amides is 2. The smallest absolute Gasteiger partial charge is 0.261 e. The quantitative estimate of drug-likeness (QED) is 0.512. The van der Waals surface area contributed by atoms with Crippen LogP contribution in [-0.2, 0) is 11.3 Å². The van der Waals surface area contributed by atoms with Gasteiger partial charge in [-0.25, -0.2) is 13.9 Å². The molecule has 0 radical (unpaired) electrons. The molecular weight excluding hydrogens is 491 g/mol. The Balaban J connectivity index is 1.32. The van der Waals surface area contributed by atoms with Crippen LogP contribution in [0.15, 0.2) is 36.8 Å². The van der Waals surface area contributed by atoms with Gasteiger partial charge in [0.1, 0.15) is 11.7 Å². The first-order chi connectivity index (χ1) is 18.1. The van der Waals surface area contributed by atoms with Crippen molar-refractivity contribution in [3.8, 4) is 0 Å². The predicted molar refractivity (Wildman–Crippen MR) is 138 cm³/mol. The molecular formula is C27H31FN6O4. The Hall–Kier alpha value is -3.57. The number of rotatable bonds is 6. The number of alkyl halides is 1. The number of aromatic nitrogens is 3. The van der Waals surface area contributed by atoms with Crippen LogP contribution in [-0.4, -0.2) is 81.0 Å². The Kier molecular flexibility index (Phi) is 5.88. The van der Waals surface area contributed by atoms with E-state index in [4.69, 9.17) is 4.74 Å². The highest BCUT2D eigenvalue weighted by Crippen LogP contribution is 2.42. The van der Waals surface area contributed by atoms with Gasteiger partial charge in [0, 0.05) is 43.0 Å². The number of hydrogen-bond acceptors (Lipinski definition) is 7. The lowest BCUT2D eigenvalue weighted by Gasteiger charge is -2.48. The third kappa shape index (κ3) is 4.29. The van der Waals surface area contributed by atoms with Gasteiger partial charge in [0.15, 0.2) is 5.65 Å².